The largest absolute Gasteiger partial charge is 0.417 e. The number of nitrogens with zero attached hydrogens (tertiary/aromatic N) is 1. The number of pyridine rings is 1. The monoisotopic (exact) mass is 314 g/mol. The maximum absolute atomic E-state index is 12.4. The van der Waals surface area contributed by atoms with Crippen LogP contribution in [0.15, 0.2) is 48.7 Å². The van der Waals surface area contributed by atoms with Crippen molar-refractivity contribution in [3.63, 3.8) is 0 Å². The number of anilines is 1. The topological polar surface area (TPSA) is 42.0 Å². The molecule has 0 saturated carbocycles. The SMILES string of the molecule is O=C(Nc1ccc(C(F)(F)F)cn1)[C@H](Cl)c1ccccc1. The molecule has 21 heavy (non-hydrogen) atoms. The van der Waals surface area contributed by atoms with Crippen molar-refractivity contribution in [1.29, 1.82) is 0 Å². The molecule has 1 amide bonds. The molecular weight excluding hydrogens is 305 g/mol. The van der Waals surface area contributed by atoms with Crippen LogP contribution in [0.3, 0.4) is 0 Å². The van der Waals surface area contributed by atoms with Gasteiger partial charge < -0.3 is 5.32 Å². The molecule has 1 aromatic heterocycles. The van der Waals surface area contributed by atoms with E-state index in [9.17, 15) is 18.0 Å². The van der Waals surface area contributed by atoms with Crippen molar-refractivity contribution in [1.82, 2.24) is 4.98 Å². The first kappa shape index (κ1) is 15.3. The van der Waals surface area contributed by atoms with Gasteiger partial charge in [0.05, 0.1) is 5.56 Å². The Morgan fingerprint density at radius 3 is 2.33 bits per heavy atom. The summed E-state index contributed by atoms with van der Waals surface area (Å²) in [5.74, 6) is -0.551. The smallest absolute Gasteiger partial charge is 0.309 e. The highest BCUT2D eigenvalue weighted by Crippen LogP contribution is 2.29. The number of carbonyl (C=O) groups is 1. The molecular formula is C14H10ClF3N2O. The summed E-state index contributed by atoms with van der Waals surface area (Å²) in [6.45, 7) is 0. The minimum atomic E-state index is -4.46. The third-order valence-electron chi connectivity index (χ3n) is 2.66. The highest BCUT2D eigenvalue weighted by Gasteiger charge is 2.30. The summed E-state index contributed by atoms with van der Waals surface area (Å²) in [4.78, 5) is 15.4. The molecule has 110 valence electrons. The average molecular weight is 315 g/mol. The molecule has 0 spiro atoms. The zero-order valence-corrected chi connectivity index (χ0v) is 11.3. The van der Waals surface area contributed by atoms with Gasteiger partial charge in [0.2, 0.25) is 5.91 Å². The van der Waals surface area contributed by atoms with Crippen LogP contribution in [-0.4, -0.2) is 10.9 Å². The average Bonchev–Trinajstić information content (AvgIpc) is 2.47. The molecule has 0 bridgehead atoms. The standard InChI is InChI=1S/C14H10ClF3N2O/c15-12(9-4-2-1-3-5-9)13(21)20-11-7-6-10(8-19-11)14(16,17)18/h1-8,12H,(H,19,20,21)/t12-/m1/s1. The second-order valence-corrected chi connectivity index (χ2v) is 4.63. The second-order valence-electron chi connectivity index (χ2n) is 4.19. The first-order chi connectivity index (χ1) is 9.88. The number of amides is 1. The summed E-state index contributed by atoms with van der Waals surface area (Å²) in [5, 5.41) is 1.42. The third-order valence-corrected chi connectivity index (χ3v) is 3.11. The Balaban J connectivity index is 2.06. The second kappa shape index (κ2) is 6.13. The van der Waals surface area contributed by atoms with E-state index in [0.717, 1.165) is 12.1 Å². The summed E-state index contributed by atoms with van der Waals surface area (Å²) < 4.78 is 37.1. The summed E-state index contributed by atoms with van der Waals surface area (Å²) in [5.41, 5.74) is -0.297. The number of nitrogens with one attached hydrogen (secondary N) is 1. The number of aromatic nitrogens is 1. The molecule has 1 atom stereocenters. The van der Waals surface area contributed by atoms with Crippen LogP contribution in [0.25, 0.3) is 0 Å². The lowest BCUT2D eigenvalue weighted by Gasteiger charge is -2.11. The van der Waals surface area contributed by atoms with E-state index >= 15 is 0 Å². The molecule has 3 nitrogen and oxygen atoms in total. The Hall–Kier alpha value is -2.08. The number of rotatable bonds is 3. The van der Waals surface area contributed by atoms with Crippen molar-refractivity contribution in [3.8, 4) is 0 Å². The quantitative estimate of drug-likeness (QED) is 0.869. The zero-order valence-electron chi connectivity index (χ0n) is 10.6. The first-order valence-corrected chi connectivity index (χ1v) is 6.34. The molecule has 0 radical (unpaired) electrons. The Bertz CT molecular complexity index is 614. The van der Waals surface area contributed by atoms with Gasteiger partial charge in [-0.15, -0.1) is 11.6 Å². The molecule has 0 aliphatic rings. The predicted molar refractivity (Wildman–Crippen MR) is 72.9 cm³/mol. The van der Waals surface area contributed by atoms with Gasteiger partial charge in [-0.3, -0.25) is 4.79 Å². The van der Waals surface area contributed by atoms with E-state index in [2.05, 4.69) is 10.3 Å². The van der Waals surface area contributed by atoms with Gasteiger partial charge in [0.25, 0.3) is 0 Å². The van der Waals surface area contributed by atoms with Crippen molar-refractivity contribution in [2.75, 3.05) is 5.32 Å². The van der Waals surface area contributed by atoms with Crippen LogP contribution in [0, 0.1) is 0 Å². The minimum Gasteiger partial charge on any atom is -0.309 e. The number of halogens is 4. The summed E-state index contributed by atoms with van der Waals surface area (Å²) in [7, 11) is 0. The van der Waals surface area contributed by atoms with E-state index in [-0.39, 0.29) is 5.82 Å². The molecule has 0 saturated heterocycles. The van der Waals surface area contributed by atoms with Gasteiger partial charge in [-0.05, 0) is 17.7 Å². The van der Waals surface area contributed by atoms with Crippen molar-refractivity contribution in [3.05, 3.63) is 59.8 Å². The Labute approximate surface area is 123 Å². The fourth-order valence-electron chi connectivity index (χ4n) is 1.60. The van der Waals surface area contributed by atoms with E-state index in [4.69, 9.17) is 11.6 Å². The first-order valence-electron chi connectivity index (χ1n) is 5.91. The number of carbonyl (C=O) groups excluding carboxylic acids is 1. The molecule has 2 rings (SSSR count). The van der Waals surface area contributed by atoms with Gasteiger partial charge in [0.15, 0.2) is 0 Å². The fraction of sp³-hybridized carbons (Fsp3) is 0.143. The molecule has 2 aromatic rings. The van der Waals surface area contributed by atoms with E-state index in [0.29, 0.717) is 11.8 Å². The summed E-state index contributed by atoms with van der Waals surface area (Å²) >= 11 is 5.99. The highest BCUT2D eigenvalue weighted by molar-refractivity contribution is 6.32. The Morgan fingerprint density at radius 2 is 1.81 bits per heavy atom. The van der Waals surface area contributed by atoms with Crippen molar-refractivity contribution >= 4 is 23.3 Å². The molecule has 0 fully saturated rings. The van der Waals surface area contributed by atoms with E-state index < -0.39 is 23.0 Å². The Morgan fingerprint density at radius 1 is 1.14 bits per heavy atom. The van der Waals surface area contributed by atoms with Gasteiger partial charge in [0, 0.05) is 6.20 Å². The van der Waals surface area contributed by atoms with Crippen molar-refractivity contribution in [2.45, 2.75) is 11.6 Å². The lowest BCUT2D eigenvalue weighted by Crippen LogP contribution is -2.18. The van der Waals surface area contributed by atoms with Gasteiger partial charge >= 0.3 is 6.18 Å². The predicted octanol–water partition coefficient (Wildman–Crippen LogP) is 4.02. The van der Waals surface area contributed by atoms with Gasteiger partial charge in [0.1, 0.15) is 11.2 Å². The Kier molecular flexibility index (Phi) is 4.47. The lowest BCUT2D eigenvalue weighted by molar-refractivity contribution is -0.137. The van der Waals surface area contributed by atoms with Crippen LogP contribution in [0.5, 0.6) is 0 Å². The molecule has 1 N–H and O–H groups in total. The summed E-state index contributed by atoms with van der Waals surface area (Å²) in [6.07, 6.45) is -3.81. The van der Waals surface area contributed by atoms with E-state index in [1.165, 1.54) is 0 Å². The molecule has 0 aliphatic carbocycles. The summed E-state index contributed by atoms with van der Waals surface area (Å²) in [6, 6.07) is 10.5. The molecule has 7 heteroatoms. The van der Waals surface area contributed by atoms with Gasteiger partial charge in [-0.2, -0.15) is 13.2 Å². The van der Waals surface area contributed by atoms with Crippen LogP contribution in [0.2, 0.25) is 0 Å². The van der Waals surface area contributed by atoms with Crippen molar-refractivity contribution in [2.24, 2.45) is 0 Å². The third kappa shape index (κ3) is 3.95. The lowest BCUT2D eigenvalue weighted by atomic mass is 10.1. The van der Waals surface area contributed by atoms with E-state index in [1.807, 2.05) is 0 Å². The number of benzene rings is 1. The van der Waals surface area contributed by atoms with Gasteiger partial charge in [-0.1, -0.05) is 30.3 Å². The van der Waals surface area contributed by atoms with Crippen molar-refractivity contribution < 1.29 is 18.0 Å². The van der Waals surface area contributed by atoms with Gasteiger partial charge in [-0.25, -0.2) is 4.98 Å². The maximum Gasteiger partial charge on any atom is 0.417 e. The normalized spacial score (nSPS) is 12.8. The number of hydrogen-bond donors (Lipinski definition) is 1. The van der Waals surface area contributed by atoms with Crippen LogP contribution in [-0.2, 0) is 11.0 Å². The van der Waals surface area contributed by atoms with E-state index in [1.54, 1.807) is 30.3 Å². The minimum absolute atomic E-state index is 0.00887. The number of alkyl halides is 4. The zero-order chi connectivity index (χ0) is 15.5. The maximum atomic E-state index is 12.4. The van der Waals surface area contributed by atoms with Crippen LogP contribution >= 0.6 is 11.6 Å². The highest BCUT2D eigenvalue weighted by atomic mass is 35.5. The van der Waals surface area contributed by atoms with Crippen LogP contribution < -0.4 is 5.32 Å². The van der Waals surface area contributed by atoms with Crippen LogP contribution in [0.4, 0.5) is 19.0 Å². The molecule has 1 heterocycles. The fourth-order valence-corrected chi connectivity index (χ4v) is 1.80. The number of hydrogen-bond acceptors (Lipinski definition) is 2. The molecule has 1 aromatic carbocycles. The molecule has 0 aliphatic heterocycles. The molecule has 0 unspecified atom stereocenters. The van der Waals surface area contributed by atoms with Crippen LogP contribution in [0.1, 0.15) is 16.5 Å².